The van der Waals surface area contributed by atoms with Gasteiger partial charge in [0.2, 0.25) is 0 Å². The van der Waals surface area contributed by atoms with Gasteiger partial charge in [-0.05, 0) is 43.5 Å². The summed E-state index contributed by atoms with van der Waals surface area (Å²) >= 11 is 0. The Balaban J connectivity index is 2.13. The smallest absolute Gasteiger partial charge is 0.314 e. The zero-order valence-electron chi connectivity index (χ0n) is 12.8. The Bertz CT molecular complexity index is 399. The van der Waals surface area contributed by atoms with Crippen molar-refractivity contribution in [1.82, 2.24) is 10.6 Å². The molecule has 0 fully saturated rings. The van der Waals surface area contributed by atoms with Crippen molar-refractivity contribution in [2.75, 3.05) is 19.7 Å². The Hall–Kier alpha value is -1.71. The minimum atomic E-state index is -0.120. The fraction of sp³-hybridized carbons (Fsp3) is 0.562. The van der Waals surface area contributed by atoms with E-state index in [1.807, 2.05) is 26.0 Å². The van der Waals surface area contributed by atoms with Crippen LogP contribution < -0.4 is 15.4 Å². The van der Waals surface area contributed by atoms with E-state index in [0.717, 1.165) is 31.6 Å². The van der Waals surface area contributed by atoms with Gasteiger partial charge in [0.05, 0.1) is 6.54 Å². The highest BCUT2D eigenvalue weighted by molar-refractivity contribution is 5.73. The topological polar surface area (TPSA) is 50.4 Å². The number of urea groups is 1. The summed E-state index contributed by atoms with van der Waals surface area (Å²) in [5.74, 6) is 0.854. The third kappa shape index (κ3) is 7.02. The Kier molecular flexibility index (Phi) is 7.55. The average molecular weight is 278 g/mol. The molecule has 0 unspecified atom stereocenters. The molecule has 2 N–H and O–H groups in total. The highest BCUT2D eigenvalue weighted by Crippen LogP contribution is 2.15. The second-order valence-corrected chi connectivity index (χ2v) is 5.06. The minimum Gasteiger partial charge on any atom is -0.492 e. The predicted molar refractivity (Wildman–Crippen MR) is 82.3 cm³/mol. The molecule has 0 aliphatic carbocycles. The second kappa shape index (κ2) is 9.23. The Morgan fingerprint density at radius 3 is 2.35 bits per heavy atom. The number of benzene rings is 1. The van der Waals surface area contributed by atoms with E-state index in [2.05, 4.69) is 23.6 Å². The molecule has 0 saturated carbocycles. The summed E-state index contributed by atoms with van der Waals surface area (Å²) in [7, 11) is 0. The van der Waals surface area contributed by atoms with Crippen molar-refractivity contribution in [2.24, 2.45) is 0 Å². The van der Waals surface area contributed by atoms with Crippen LogP contribution in [0.5, 0.6) is 5.75 Å². The van der Waals surface area contributed by atoms with Gasteiger partial charge in [-0.1, -0.05) is 25.8 Å². The summed E-state index contributed by atoms with van der Waals surface area (Å²) in [6.45, 7) is 7.95. The molecule has 0 saturated heterocycles. The van der Waals surface area contributed by atoms with Gasteiger partial charge in [-0.15, -0.1) is 0 Å². The average Bonchev–Trinajstić information content (AvgIpc) is 2.39. The van der Waals surface area contributed by atoms with Crippen molar-refractivity contribution in [1.29, 1.82) is 0 Å². The molecule has 0 spiro atoms. The molecule has 0 radical (unpaired) electrons. The van der Waals surface area contributed by atoms with Gasteiger partial charge in [-0.25, -0.2) is 4.79 Å². The Morgan fingerprint density at radius 1 is 1.05 bits per heavy atom. The van der Waals surface area contributed by atoms with Crippen LogP contribution in [0, 0.1) is 13.8 Å². The number of carbonyl (C=O) groups excluding carboxylic acids is 1. The molecule has 4 heteroatoms. The predicted octanol–water partition coefficient (Wildman–Crippen LogP) is 3.17. The lowest BCUT2D eigenvalue weighted by Gasteiger charge is -2.10. The van der Waals surface area contributed by atoms with E-state index in [-0.39, 0.29) is 6.03 Å². The monoisotopic (exact) mass is 278 g/mol. The van der Waals surface area contributed by atoms with Gasteiger partial charge in [0.1, 0.15) is 12.4 Å². The highest BCUT2D eigenvalue weighted by Gasteiger charge is 2.00. The van der Waals surface area contributed by atoms with Gasteiger partial charge in [-0.2, -0.15) is 0 Å². The third-order valence-electron chi connectivity index (χ3n) is 2.92. The fourth-order valence-corrected chi connectivity index (χ4v) is 1.99. The van der Waals surface area contributed by atoms with E-state index in [1.165, 1.54) is 11.1 Å². The highest BCUT2D eigenvalue weighted by atomic mass is 16.5. The lowest BCUT2D eigenvalue weighted by molar-refractivity contribution is 0.236. The molecule has 1 aromatic carbocycles. The first-order valence-electron chi connectivity index (χ1n) is 7.34. The summed E-state index contributed by atoms with van der Waals surface area (Å²) in [4.78, 5) is 11.4. The normalized spacial score (nSPS) is 10.2. The molecule has 1 rings (SSSR count). The van der Waals surface area contributed by atoms with Crippen LogP contribution in [0.15, 0.2) is 18.2 Å². The summed E-state index contributed by atoms with van der Waals surface area (Å²) in [5, 5.41) is 5.61. The molecule has 0 heterocycles. The molecule has 4 nitrogen and oxygen atoms in total. The molecule has 0 aliphatic rings. The summed E-state index contributed by atoms with van der Waals surface area (Å²) in [6, 6.07) is 5.98. The lowest BCUT2D eigenvalue weighted by atomic mass is 10.1. The number of hydrogen-bond acceptors (Lipinski definition) is 2. The van der Waals surface area contributed by atoms with Crippen LogP contribution >= 0.6 is 0 Å². The molecule has 20 heavy (non-hydrogen) atoms. The van der Waals surface area contributed by atoms with Crippen LogP contribution in [0.4, 0.5) is 4.79 Å². The van der Waals surface area contributed by atoms with Crippen molar-refractivity contribution in [2.45, 2.75) is 40.0 Å². The molecule has 0 bridgehead atoms. The number of amides is 2. The maximum Gasteiger partial charge on any atom is 0.314 e. The number of hydrogen-bond donors (Lipinski definition) is 2. The van der Waals surface area contributed by atoms with E-state index in [1.54, 1.807) is 0 Å². The molecule has 1 aromatic rings. The zero-order valence-corrected chi connectivity index (χ0v) is 12.8. The summed E-state index contributed by atoms with van der Waals surface area (Å²) < 4.78 is 5.62. The zero-order chi connectivity index (χ0) is 14.8. The fourth-order valence-electron chi connectivity index (χ4n) is 1.99. The van der Waals surface area contributed by atoms with E-state index in [9.17, 15) is 4.79 Å². The number of rotatable bonds is 8. The minimum absolute atomic E-state index is 0.120. The Labute approximate surface area is 121 Å². The van der Waals surface area contributed by atoms with E-state index >= 15 is 0 Å². The molecule has 112 valence electrons. The van der Waals surface area contributed by atoms with Gasteiger partial charge in [0.25, 0.3) is 0 Å². The first kappa shape index (κ1) is 16.3. The van der Waals surface area contributed by atoms with Crippen molar-refractivity contribution in [3.63, 3.8) is 0 Å². The SMILES string of the molecule is CCCCCNC(=O)NCCOc1cc(C)cc(C)c1. The molecule has 0 aromatic heterocycles. The van der Waals surface area contributed by atoms with Crippen LogP contribution in [0.3, 0.4) is 0 Å². The molecule has 0 aliphatic heterocycles. The number of unbranched alkanes of at least 4 members (excludes halogenated alkanes) is 2. The molecule has 0 atom stereocenters. The summed E-state index contributed by atoms with van der Waals surface area (Å²) in [6.07, 6.45) is 3.34. The van der Waals surface area contributed by atoms with Crippen LogP contribution in [-0.2, 0) is 0 Å². The van der Waals surface area contributed by atoms with Crippen LogP contribution in [0.25, 0.3) is 0 Å². The van der Waals surface area contributed by atoms with Gasteiger partial charge < -0.3 is 15.4 Å². The first-order chi connectivity index (χ1) is 9.61. The van der Waals surface area contributed by atoms with E-state index in [0.29, 0.717) is 13.2 Å². The lowest BCUT2D eigenvalue weighted by Crippen LogP contribution is -2.38. The quantitative estimate of drug-likeness (QED) is 0.718. The number of nitrogens with one attached hydrogen (secondary N) is 2. The number of aryl methyl sites for hydroxylation is 2. The Morgan fingerprint density at radius 2 is 1.70 bits per heavy atom. The maximum absolute atomic E-state index is 11.4. The molecular formula is C16H26N2O2. The van der Waals surface area contributed by atoms with Gasteiger partial charge in [-0.3, -0.25) is 0 Å². The van der Waals surface area contributed by atoms with Crippen LogP contribution in [0.2, 0.25) is 0 Å². The van der Waals surface area contributed by atoms with E-state index < -0.39 is 0 Å². The van der Waals surface area contributed by atoms with Crippen LogP contribution in [0.1, 0.15) is 37.3 Å². The van der Waals surface area contributed by atoms with Crippen molar-refractivity contribution in [3.05, 3.63) is 29.3 Å². The number of carbonyl (C=O) groups is 1. The third-order valence-corrected chi connectivity index (χ3v) is 2.92. The molecular weight excluding hydrogens is 252 g/mol. The first-order valence-corrected chi connectivity index (χ1v) is 7.34. The molecule has 2 amide bonds. The maximum atomic E-state index is 11.4. The van der Waals surface area contributed by atoms with Gasteiger partial charge >= 0.3 is 6.03 Å². The second-order valence-electron chi connectivity index (χ2n) is 5.06. The number of ether oxygens (including phenoxy) is 1. The summed E-state index contributed by atoms with van der Waals surface area (Å²) in [5.41, 5.74) is 2.36. The van der Waals surface area contributed by atoms with Crippen molar-refractivity contribution in [3.8, 4) is 5.75 Å². The van der Waals surface area contributed by atoms with E-state index in [4.69, 9.17) is 4.74 Å². The van der Waals surface area contributed by atoms with Crippen LogP contribution in [-0.4, -0.2) is 25.7 Å². The van der Waals surface area contributed by atoms with Gasteiger partial charge in [0, 0.05) is 6.54 Å². The van der Waals surface area contributed by atoms with Crippen molar-refractivity contribution < 1.29 is 9.53 Å². The van der Waals surface area contributed by atoms with Crippen molar-refractivity contribution >= 4 is 6.03 Å². The van der Waals surface area contributed by atoms with Gasteiger partial charge in [0.15, 0.2) is 0 Å². The standard InChI is InChI=1S/C16H26N2O2/c1-4-5-6-7-17-16(19)18-8-9-20-15-11-13(2)10-14(3)12-15/h10-12H,4-9H2,1-3H3,(H2,17,18,19). The largest absolute Gasteiger partial charge is 0.492 e.